The standard InChI is InChI=1S/C18H23N3O3S/c1-3-19-14(2)13-20-18(22)15-9-11-17(12-10-15)25(23,24)21-16-7-5-4-6-8-16/h4-12,14,19,21H,3,13H2,1-2H3,(H,20,22)/t14-/m1/s1. The number of sulfonamides is 1. The molecule has 0 aliphatic heterocycles. The maximum absolute atomic E-state index is 12.3. The second kappa shape index (κ2) is 8.64. The van der Waals surface area contributed by atoms with Crippen LogP contribution in [0.4, 0.5) is 5.69 Å². The highest BCUT2D eigenvalue weighted by atomic mass is 32.2. The summed E-state index contributed by atoms with van der Waals surface area (Å²) in [5.74, 6) is -0.232. The number of hydrogen-bond donors (Lipinski definition) is 3. The third-order valence-electron chi connectivity index (χ3n) is 3.57. The number of carbonyl (C=O) groups is 1. The molecule has 0 unspecified atom stereocenters. The van der Waals surface area contributed by atoms with Crippen LogP contribution < -0.4 is 15.4 Å². The quantitative estimate of drug-likeness (QED) is 0.673. The van der Waals surface area contributed by atoms with Gasteiger partial charge in [0.15, 0.2) is 0 Å². The fourth-order valence-corrected chi connectivity index (χ4v) is 3.33. The van der Waals surface area contributed by atoms with Crippen LogP contribution in [0.3, 0.4) is 0 Å². The normalized spacial score (nSPS) is 12.4. The lowest BCUT2D eigenvalue weighted by Gasteiger charge is -2.13. The molecular formula is C18H23N3O3S. The Labute approximate surface area is 148 Å². The van der Waals surface area contributed by atoms with Gasteiger partial charge in [-0.1, -0.05) is 25.1 Å². The maximum Gasteiger partial charge on any atom is 0.261 e. The van der Waals surface area contributed by atoms with Crippen molar-refractivity contribution in [3.63, 3.8) is 0 Å². The number of para-hydroxylation sites is 1. The molecule has 0 fully saturated rings. The molecular weight excluding hydrogens is 338 g/mol. The summed E-state index contributed by atoms with van der Waals surface area (Å²) in [4.78, 5) is 12.2. The third kappa shape index (κ3) is 5.58. The van der Waals surface area contributed by atoms with E-state index in [2.05, 4.69) is 15.4 Å². The Bertz CT molecular complexity index is 790. The van der Waals surface area contributed by atoms with Crippen LogP contribution in [0.25, 0.3) is 0 Å². The lowest BCUT2D eigenvalue weighted by atomic mass is 10.2. The van der Waals surface area contributed by atoms with E-state index < -0.39 is 10.0 Å². The van der Waals surface area contributed by atoms with Crippen molar-refractivity contribution >= 4 is 21.6 Å². The molecule has 7 heteroatoms. The SMILES string of the molecule is CCN[C@H](C)CNC(=O)c1ccc(S(=O)(=O)Nc2ccccc2)cc1. The van der Waals surface area contributed by atoms with Crippen LogP contribution in [0.5, 0.6) is 0 Å². The average Bonchev–Trinajstić information content (AvgIpc) is 2.60. The summed E-state index contributed by atoms with van der Waals surface area (Å²) in [6.45, 7) is 5.32. The summed E-state index contributed by atoms with van der Waals surface area (Å²) < 4.78 is 27.2. The van der Waals surface area contributed by atoms with E-state index in [1.807, 2.05) is 19.9 Å². The van der Waals surface area contributed by atoms with E-state index in [4.69, 9.17) is 0 Å². The number of likely N-dealkylation sites (N-methyl/N-ethyl adjacent to an activating group) is 1. The fourth-order valence-electron chi connectivity index (χ4n) is 2.27. The van der Waals surface area contributed by atoms with Crippen molar-refractivity contribution in [3.05, 3.63) is 60.2 Å². The van der Waals surface area contributed by atoms with Crippen molar-refractivity contribution < 1.29 is 13.2 Å². The molecule has 25 heavy (non-hydrogen) atoms. The van der Waals surface area contributed by atoms with Crippen molar-refractivity contribution in [2.75, 3.05) is 17.8 Å². The maximum atomic E-state index is 12.3. The fraction of sp³-hybridized carbons (Fsp3) is 0.278. The van der Waals surface area contributed by atoms with Gasteiger partial charge in [-0.05, 0) is 49.9 Å². The molecule has 2 rings (SSSR count). The number of nitrogens with one attached hydrogen (secondary N) is 3. The van der Waals surface area contributed by atoms with Gasteiger partial charge in [0, 0.05) is 23.8 Å². The van der Waals surface area contributed by atoms with Crippen molar-refractivity contribution in [3.8, 4) is 0 Å². The van der Waals surface area contributed by atoms with E-state index >= 15 is 0 Å². The summed E-state index contributed by atoms with van der Waals surface area (Å²) in [5.41, 5.74) is 0.907. The first-order chi connectivity index (χ1) is 11.9. The molecule has 6 nitrogen and oxygen atoms in total. The molecule has 0 saturated heterocycles. The van der Waals surface area contributed by atoms with Crippen molar-refractivity contribution in [2.45, 2.75) is 24.8 Å². The highest BCUT2D eigenvalue weighted by Crippen LogP contribution is 2.16. The minimum Gasteiger partial charge on any atom is -0.350 e. The molecule has 0 heterocycles. The summed E-state index contributed by atoms with van der Waals surface area (Å²) >= 11 is 0. The van der Waals surface area contributed by atoms with Gasteiger partial charge in [0.1, 0.15) is 0 Å². The van der Waals surface area contributed by atoms with Crippen LogP contribution >= 0.6 is 0 Å². The molecule has 134 valence electrons. The Kier molecular flexibility index (Phi) is 6.55. The van der Waals surface area contributed by atoms with Crippen LogP contribution in [0.2, 0.25) is 0 Å². The van der Waals surface area contributed by atoms with Crippen LogP contribution in [-0.2, 0) is 10.0 Å². The van der Waals surface area contributed by atoms with Gasteiger partial charge in [-0.2, -0.15) is 0 Å². The number of anilines is 1. The predicted molar refractivity (Wildman–Crippen MR) is 99.2 cm³/mol. The van der Waals surface area contributed by atoms with Gasteiger partial charge < -0.3 is 10.6 Å². The van der Waals surface area contributed by atoms with Crippen molar-refractivity contribution in [2.24, 2.45) is 0 Å². The smallest absolute Gasteiger partial charge is 0.261 e. The first-order valence-corrected chi connectivity index (χ1v) is 9.60. The van der Waals surface area contributed by atoms with Gasteiger partial charge in [-0.15, -0.1) is 0 Å². The van der Waals surface area contributed by atoms with Crippen molar-refractivity contribution in [1.29, 1.82) is 0 Å². The number of hydrogen-bond acceptors (Lipinski definition) is 4. The minimum atomic E-state index is -3.68. The molecule has 1 atom stereocenters. The van der Waals surface area contributed by atoms with Crippen LogP contribution in [0, 0.1) is 0 Å². The van der Waals surface area contributed by atoms with Gasteiger partial charge in [0.2, 0.25) is 0 Å². The summed E-state index contributed by atoms with van der Waals surface area (Å²) in [7, 11) is -3.68. The molecule has 0 bridgehead atoms. The summed E-state index contributed by atoms with van der Waals surface area (Å²) in [6.07, 6.45) is 0. The lowest BCUT2D eigenvalue weighted by molar-refractivity contribution is 0.0950. The van der Waals surface area contributed by atoms with Crippen LogP contribution in [-0.4, -0.2) is 33.5 Å². The molecule has 0 aliphatic carbocycles. The number of benzene rings is 2. The predicted octanol–water partition coefficient (Wildman–Crippen LogP) is 2.22. The summed E-state index contributed by atoms with van der Waals surface area (Å²) in [6, 6.07) is 14.7. The molecule has 1 amide bonds. The molecule has 0 aromatic heterocycles. The van der Waals surface area contributed by atoms with Crippen LogP contribution in [0.1, 0.15) is 24.2 Å². The van der Waals surface area contributed by atoms with E-state index in [1.165, 1.54) is 24.3 Å². The Hall–Kier alpha value is -2.38. The minimum absolute atomic E-state index is 0.105. The van der Waals surface area contributed by atoms with Gasteiger partial charge in [0.05, 0.1) is 4.90 Å². The van der Waals surface area contributed by atoms with E-state index in [9.17, 15) is 13.2 Å². The topological polar surface area (TPSA) is 87.3 Å². The van der Waals surface area contributed by atoms with Gasteiger partial charge in [-0.3, -0.25) is 9.52 Å². The highest BCUT2D eigenvalue weighted by Gasteiger charge is 2.15. The number of amides is 1. The Balaban J connectivity index is 2.02. The van der Waals surface area contributed by atoms with Crippen LogP contribution in [0.15, 0.2) is 59.5 Å². The number of rotatable bonds is 8. The van der Waals surface area contributed by atoms with Gasteiger partial charge in [-0.25, -0.2) is 8.42 Å². The van der Waals surface area contributed by atoms with E-state index in [0.717, 1.165) is 6.54 Å². The zero-order chi connectivity index (χ0) is 18.3. The van der Waals surface area contributed by atoms with Gasteiger partial charge >= 0.3 is 0 Å². The van der Waals surface area contributed by atoms with Gasteiger partial charge in [0.25, 0.3) is 15.9 Å². The average molecular weight is 361 g/mol. The second-order valence-electron chi connectivity index (χ2n) is 5.66. The lowest BCUT2D eigenvalue weighted by Crippen LogP contribution is -2.38. The molecule has 3 N–H and O–H groups in total. The summed E-state index contributed by atoms with van der Waals surface area (Å²) in [5, 5.41) is 6.02. The molecule has 0 saturated carbocycles. The molecule has 0 radical (unpaired) electrons. The zero-order valence-corrected chi connectivity index (χ0v) is 15.1. The third-order valence-corrected chi connectivity index (χ3v) is 4.97. The second-order valence-corrected chi connectivity index (χ2v) is 7.35. The largest absolute Gasteiger partial charge is 0.350 e. The monoisotopic (exact) mass is 361 g/mol. The first-order valence-electron chi connectivity index (χ1n) is 8.12. The Morgan fingerprint density at radius 1 is 1.04 bits per heavy atom. The van der Waals surface area contributed by atoms with Crippen molar-refractivity contribution in [1.82, 2.24) is 10.6 Å². The zero-order valence-electron chi connectivity index (χ0n) is 14.3. The molecule has 2 aromatic carbocycles. The molecule has 0 spiro atoms. The number of carbonyl (C=O) groups excluding carboxylic acids is 1. The van der Waals surface area contributed by atoms with E-state index in [1.54, 1.807) is 24.3 Å². The van der Waals surface area contributed by atoms with E-state index in [-0.39, 0.29) is 16.8 Å². The Morgan fingerprint density at radius 3 is 2.28 bits per heavy atom. The molecule has 0 aliphatic rings. The Morgan fingerprint density at radius 2 is 1.68 bits per heavy atom. The highest BCUT2D eigenvalue weighted by molar-refractivity contribution is 7.92. The first kappa shape index (κ1) is 19.0. The molecule has 2 aromatic rings. The van der Waals surface area contributed by atoms with E-state index in [0.29, 0.717) is 17.8 Å².